The van der Waals surface area contributed by atoms with Crippen molar-refractivity contribution in [1.29, 1.82) is 0 Å². The quantitative estimate of drug-likeness (QED) is 0.701. The van der Waals surface area contributed by atoms with E-state index in [1.165, 1.54) is 0 Å². The predicted octanol–water partition coefficient (Wildman–Crippen LogP) is 2.76. The standard InChI is InChI=1S/C15H14N4/c1-19(2)14-4-3-13-15(18-14)12(7-10-17-13)11-5-8-16-9-6-11/h3-10H,1-2H3. The largest absolute Gasteiger partial charge is 0.363 e. The van der Waals surface area contributed by atoms with Crippen LogP contribution in [0.4, 0.5) is 5.82 Å². The number of aromatic nitrogens is 3. The molecule has 0 saturated heterocycles. The summed E-state index contributed by atoms with van der Waals surface area (Å²) in [4.78, 5) is 15.1. The van der Waals surface area contributed by atoms with E-state index in [0.717, 1.165) is 28.0 Å². The second kappa shape index (κ2) is 4.65. The molecule has 3 aromatic heterocycles. The van der Waals surface area contributed by atoms with Crippen molar-refractivity contribution in [2.75, 3.05) is 19.0 Å². The molecule has 0 unspecified atom stereocenters. The van der Waals surface area contributed by atoms with Crippen LogP contribution >= 0.6 is 0 Å². The van der Waals surface area contributed by atoms with Crippen LogP contribution < -0.4 is 4.90 Å². The first-order chi connectivity index (χ1) is 9.25. The van der Waals surface area contributed by atoms with Gasteiger partial charge in [0.25, 0.3) is 0 Å². The molecule has 0 aliphatic heterocycles. The van der Waals surface area contributed by atoms with Crippen LogP contribution in [0.15, 0.2) is 48.9 Å². The predicted molar refractivity (Wildman–Crippen MR) is 77.1 cm³/mol. The molecular weight excluding hydrogens is 236 g/mol. The number of rotatable bonds is 2. The van der Waals surface area contributed by atoms with Crippen LogP contribution in [0.1, 0.15) is 0 Å². The molecule has 3 aromatic rings. The molecule has 3 rings (SSSR count). The molecule has 0 fully saturated rings. The average molecular weight is 250 g/mol. The van der Waals surface area contributed by atoms with Crippen molar-refractivity contribution in [1.82, 2.24) is 15.0 Å². The van der Waals surface area contributed by atoms with Gasteiger partial charge in [0.1, 0.15) is 5.82 Å². The number of hydrogen-bond acceptors (Lipinski definition) is 4. The van der Waals surface area contributed by atoms with Gasteiger partial charge < -0.3 is 4.90 Å². The summed E-state index contributed by atoms with van der Waals surface area (Å²) in [6, 6.07) is 9.94. The van der Waals surface area contributed by atoms with Gasteiger partial charge in [-0.25, -0.2) is 4.98 Å². The van der Waals surface area contributed by atoms with E-state index in [0.29, 0.717) is 0 Å². The maximum Gasteiger partial charge on any atom is 0.128 e. The van der Waals surface area contributed by atoms with Crippen LogP contribution in [0.3, 0.4) is 0 Å². The molecule has 0 atom stereocenters. The van der Waals surface area contributed by atoms with Gasteiger partial charge in [0.05, 0.1) is 11.0 Å². The normalized spacial score (nSPS) is 10.6. The Balaban J connectivity index is 2.27. The van der Waals surface area contributed by atoms with Crippen LogP contribution in [0.5, 0.6) is 0 Å². The first-order valence-electron chi connectivity index (χ1n) is 6.09. The smallest absolute Gasteiger partial charge is 0.128 e. The summed E-state index contributed by atoms with van der Waals surface area (Å²) < 4.78 is 0. The van der Waals surface area contributed by atoms with Crippen molar-refractivity contribution in [3.8, 4) is 11.1 Å². The van der Waals surface area contributed by atoms with E-state index in [4.69, 9.17) is 4.98 Å². The number of pyridine rings is 3. The number of nitrogens with zero attached hydrogens (tertiary/aromatic N) is 4. The van der Waals surface area contributed by atoms with Crippen LogP contribution in [-0.2, 0) is 0 Å². The molecule has 19 heavy (non-hydrogen) atoms. The lowest BCUT2D eigenvalue weighted by atomic mass is 10.1. The summed E-state index contributed by atoms with van der Waals surface area (Å²) >= 11 is 0. The highest BCUT2D eigenvalue weighted by Gasteiger charge is 2.07. The van der Waals surface area contributed by atoms with E-state index in [2.05, 4.69) is 9.97 Å². The first-order valence-corrected chi connectivity index (χ1v) is 6.09. The van der Waals surface area contributed by atoms with Gasteiger partial charge in [-0.05, 0) is 35.9 Å². The molecule has 0 aromatic carbocycles. The number of anilines is 1. The molecule has 0 amide bonds. The van der Waals surface area contributed by atoms with E-state index in [1.807, 2.05) is 55.5 Å². The zero-order valence-electron chi connectivity index (χ0n) is 10.9. The molecule has 4 nitrogen and oxygen atoms in total. The van der Waals surface area contributed by atoms with Gasteiger partial charge in [-0.2, -0.15) is 0 Å². The maximum atomic E-state index is 4.69. The Morgan fingerprint density at radius 1 is 0.895 bits per heavy atom. The molecular formula is C15H14N4. The van der Waals surface area contributed by atoms with Gasteiger partial charge in [-0.1, -0.05) is 0 Å². The Hall–Kier alpha value is -2.49. The Morgan fingerprint density at radius 2 is 1.68 bits per heavy atom. The van der Waals surface area contributed by atoms with Crippen molar-refractivity contribution < 1.29 is 0 Å². The van der Waals surface area contributed by atoms with Crippen LogP contribution in [0.25, 0.3) is 22.2 Å². The zero-order chi connectivity index (χ0) is 13.2. The summed E-state index contributed by atoms with van der Waals surface area (Å²) in [7, 11) is 3.97. The van der Waals surface area contributed by atoms with E-state index in [1.54, 1.807) is 12.4 Å². The van der Waals surface area contributed by atoms with Crippen molar-refractivity contribution in [2.45, 2.75) is 0 Å². The highest BCUT2D eigenvalue weighted by atomic mass is 15.1. The summed E-state index contributed by atoms with van der Waals surface area (Å²) in [6.07, 6.45) is 5.39. The monoisotopic (exact) mass is 250 g/mol. The minimum Gasteiger partial charge on any atom is -0.363 e. The summed E-state index contributed by atoms with van der Waals surface area (Å²) in [5.74, 6) is 0.927. The molecule has 0 N–H and O–H groups in total. The lowest BCUT2D eigenvalue weighted by Crippen LogP contribution is -2.10. The van der Waals surface area contributed by atoms with E-state index < -0.39 is 0 Å². The third-order valence-corrected chi connectivity index (χ3v) is 3.02. The topological polar surface area (TPSA) is 41.9 Å². The maximum absolute atomic E-state index is 4.69. The summed E-state index contributed by atoms with van der Waals surface area (Å²) in [6.45, 7) is 0. The van der Waals surface area contributed by atoms with Crippen molar-refractivity contribution in [2.24, 2.45) is 0 Å². The Bertz CT molecular complexity index is 708. The Labute approximate surface area is 111 Å². The molecule has 0 aliphatic rings. The SMILES string of the molecule is CN(C)c1ccc2nccc(-c3ccncc3)c2n1. The molecule has 4 heteroatoms. The van der Waals surface area contributed by atoms with Crippen molar-refractivity contribution in [3.63, 3.8) is 0 Å². The van der Waals surface area contributed by atoms with Crippen LogP contribution in [0, 0.1) is 0 Å². The molecule has 0 spiro atoms. The minimum atomic E-state index is 0.903. The van der Waals surface area contributed by atoms with Gasteiger partial charge in [-0.3, -0.25) is 9.97 Å². The molecule has 0 bridgehead atoms. The van der Waals surface area contributed by atoms with Crippen LogP contribution in [0.2, 0.25) is 0 Å². The second-order valence-electron chi connectivity index (χ2n) is 4.53. The van der Waals surface area contributed by atoms with E-state index in [9.17, 15) is 0 Å². The molecule has 0 radical (unpaired) electrons. The fraction of sp³-hybridized carbons (Fsp3) is 0.133. The van der Waals surface area contributed by atoms with Gasteiger partial charge >= 0.3 is 0 Å². The van der Waals surface area contributed by atoms with Gasteiger partial charge in [-0.15, -0.1) is 0 Å². The Morgan fingerprint density at radius 3 is 2.42 bits per heavy atom. The molecule has 3 heterocycles. The minimum absolute atomic E-state index is 0.903. The van der Waals surface area contributed by atoms with Crippen molar-refractivity contribution >= 4 is 16.9 Å². The fourth-order valence-electron chi connectivity index (χ4n) is 2.03. The first kappa shape index (κ1) is 11.6. The zero-order valence-corrected chi connectivity index (χ0v) is 10.9. The van der Waals surface area contributed by atoms with Crippen molar-refractivity contribution in [3.05, 3.63) is 48.9 Å². The fourth-order valence-corrected chi connectivity index (χ4v) is 2.03. The third-order valence-electron chi connectivity index (χ3n) is 3.02. The average Bonchev–Trinajstić information content (AvgIpc) is 2.47. The lowest BCUT2D eigenvalue weighted by molar-refractivity contribution is 1.08. The third kappa shape index (κ3) is 2.12. The molecule has 0 saturated carbocycles. The van der Waals surface area contributed by atoms with E-state index in [-0.39, 0.29) is 0 Å². The summed E-state index contributed by atoms with van der Waals surface area (Å²) in [5.41, 5.74) is 4.00. The Kier molecular flexibility index (Phi) is 2.83. The van der Waals surface area contributed by atoms with Crippen LogP contribution in [-0.4, -0.2) is 29.0 Å². The molecule has 0 aliphatic carbocycles. The number of fused-ring (bicyclic) bond motifs is 1. The highest BCUT2D eigenvalue weighted by molar-refractivity contribution is 5.91. The van der Waals surface area contributed by atoms with Gasteiger partial charge in [0.15, 0.2) is 0 Å². The van der Waals surface area contributed by atoms with Gasteiger partial charge in [0, 0.05) is 38.2 Å². The highest BCUT2D eigenvalue weighted by Crippen LogP contribution is 2.26. The number of hydrogen-bond donors (Lipinski definition) is 0. The van der Waals surface area contributed by atoms with Gasteiger partial charge in [0.2, 0.25) is 0 Å². The summed E-state index contributed by atoms with van der Waals surface area (Å²) in [5, 5.41) is 0. The lowest BCUT2D eigenvalue weighted by Gasteiger charge is -2.13. The molecule has 94 valence electrons. The van der Waals surface area contributed by atoms with E-state index >= 15 is 0 Å². The second-order valence-corrected chi connectivity index (χ2v) is 4.53.